The molecular weight excluding hydrogens is 639 g/mol. The van der Waals surface area contributed by atoms with Crippen LogP contribution in [0.2, 0.25) is 0 Å². The number of alkyl halides is 3. The zero-order chi connectivity index (χ0) is 35.1. The van der Waals surface area contributed by atoms with E-state index < -0.39 is 23.7 Å². The van der Waals surface area contributed by atoms with Crippen LogP contribution in [0.15, 0.2) is 128 Å². The van der Waals surface area contributed by atoms with Gasteiger partial charge < -0.3 is 14.5 Å². The lowest BCUT2D eigenvalue weighted by molar-refractivity contribution is -0.144. The SMILES string of the molecule is COc1ccc2c(c1)CCN(C(=O)[C@H](Cc1ccccc1)N(Cc1ccc(-c3ccccn3)cc1)C(=O)/C=C/c1ccc(C(F)(F)F)cc1)C2. The molecule has 9 heteroatoms. The second-order valence-electron chi connectivity index (χ2n) is 12.2. The fourth-order valence-electron chi connectivity index (χ4n) is 6.12. The number of pyridine rings is 1. The molecule has 5 aromatic rings. The standard InChI is InChI=1S/C41H36F3N3O3/c1-50-36-20-17-34-28-46(24-22-33(34)26-36)40(49)38(25-30-7-3-2-4-8-30)47(27-31-10-15-32(16-11-31)37-9-5-6-23-45-37)39(48)21-14-29-12-18-35(19-13-29)41(42,43)44/h2-21,23,26,38H,22,24-25,27-28H2,1H3/b21-14+/t38-/m0/s1. The number of nitrogens with zero attached hydrogens (tertiary/aromatic N) is 3. The lowest BCUT2D eigenvalue weighted by atomic mass is 9.97. The number of benzene rings is 4. The highest BCUT2D eigenvalue weighted by atomic mass is 19.4. The average Bonchev–Trinajstić information content (AvgIpc) is 3.15. The molecule has 254 valence electrons. The summed E-state index contributed by atoms with van der Waals surface area (Å²) in [5.41, 5.74) is 5.22. The molecule has 6 rings (SSSR count). The molecular formula is C41H36F3N3O3. The summed E-state index contributed by atoms with van der Waals surface area (Å²) >= 11 is 0. The van der Waals surface area contributed by atoms with Crippen molar-refractivity contribution < 1.29 is 27.5 Å². The lowest BCUT2D eigenvalue weighted by Gasteiger charge is -2.37. The summed E-state index contributed by atoms with van der Waals surface area (Å²) in [6, 6.07) is 32.5. The van der Waals surface area contributed by atoms with Crippen molar-refractivity contribution in [1.29, 1.82) is 0 Å². The molecule has 0 radical (unpaired) electrons. The van der Waals surface area contributed by atoms with Gasteiger partial charge in [-0.2, -0.15) is 13.2 Å². The number of methoxy groups -OCH3 is 1. The molecule has 0 bridgehead atoms. The highest BCUT2D eigenvalue weighted by Crippen LogP contribution is 2.30. The molecule has 1 aromatic heterocycles. The van der Waals surface area contributed by atoms with Gasteiger partial charge in [-0.05, 0) is 76.7 Å². The summed E-state index contributed by atoms with van der Waals surface area (Å²) in [4.78, 5) is 36.6. The van der Waals surface area contributed by atoms with Crippen LogP contribution in [0, 0.1) is 0 Å². The van der Waals surface area contributed by atoms with E-state index in [1.165, 1.54) is 24.3 Å². The van der Waals surface area contributed by atoms with E-state index in [-0.39, 0.29) is 18.9 Å². The van der Waals surface area contributed by atoms with E-state index in [4.69, 9.17) is 4.74 Å². The third-order valence-corrected chi connectivity index (χ3v) is 8.88. The van der Waals surface area contributed by atoms with Crippen molar-refractivity contribution in [3.63, 3.8) is 0 Å². The number of rotatable bonds is 10. The molecule has 6 nitrogen and oxygen atoms in total. The molecule has 2 amide bonds. The first-order valence-corrected chi connectivity index (χ1v) is 16.3. The summed E-state index contributed by atoms with van der Waals surface area (Å²) < 4.78 is 44.9. The van der Waals surface area contributed by atoms with Gasteiger partial charge in [0.25, 0.3) is 0 Å². The minimum atomic E-state index is -4.47. The smallest absolute Gasteiger partial charge is 0.416 e. The summed E-state index contributed by atoms with van der Waals surface area (Å²) in [6.45, 7) is 1.00. The number of hydrogen-bond donors (Lipinski definition) is 0. The van der Waals surface area contributed by atoms with Crippen LogP contribution in [0.5, 0.6) is 5.75 Å². The molecule has 1 atom stereocenters. The summed E-state index contributed by atoms with van der Waals surface area (Å²) in [5, 5.41) is 0. The van der Waals surface area contributed by atoms with Crippen LogP contribution in [0.25, 0.3) is 17.3 Å². The van der Waals surface area contributed by atoms with Crippen LogP contribution in [-0.4, -0.2) is 46.3 Å². The van der Waals surface area contributed by atoms with E-state index in [0.717, 1.165) is 51.4 Å². The Morgan fingerprint density at radius 3 is 2.30 bits per heavy atom. The second-order valence-corrected chi connectivity index (χ2v) is 12.2. The van der Waals surface area contributed by atoms with Gasteiger partial charge in [-0.3, -0.25) is 14.6 Å². The van der Waals surface area contributed by atoms with Crippen LogP contribution in [-0.2, 0) is 41.7 Å². The van der Waals surface area contributed by atoms with Gasteiger partial charge in [0.2, 0.25) is 11.8 Å². The summed E-state index contributed by atoms with van der Waals surface area (Å²) in [5.74, 6) is 0.142. The van der Waals surface area contributed by atoms with Crippen LogP contribution in [0.4, 0.5) is 13.2 Å². The van der Waals surface area contributed by atoms with Crippen molar-refractivity contribution >= 4 is 17.9 Å². The minimum absolute atomic E-state index is 0.129. The molecule has 0 fully saturated rings. The molecule has 0 spiro atoms. The molecule has 1 aliphatic rings. The number of halogens is 3. The number of hydrogen-bond acceptors (Lipinski definition) is 4. The Labute approximate surface area is 289 Å². The first-order chi connectivity index (χ1) is 24.2. The van der Waals surface area contributed by atoms with Gasteiger partial charge in [-0.25, -0.2) is 0 Å². The normalized spacial score (nSPS) is 13.5. The Morgan fingerprint density at radius 1 is 0.880 bits per heavy atom. The second kappa shape index (κ2) is 15.2. The van der Waals surface area contributed by atoms with E-state index in [2.05, 4.69) is 4.98 Å². The average molecular weight is 676 g/mol. The van der Waals surface area contributed by atoms with Crippen LogP contribution < -0.4 is 4.74 Å². The molecule has 0 N–H and O–H groups in total. The highest BCUT2D eigenvalue weighted by molar-refractivity contribution is 5.96. The minimum Gasteiger partial charge on any atom is -0.497 e. The van der Waals surface area contributed by atoms with Gasteiger partial charge >= 0.3 is 6.18 Å². The Balaban J connectivity index is 1.33. The maximum absolute atomic E-state index is 14.6. The monoisotopic (exact) mass is 675 g/mol. The molecule has 0 aliphatic carbocycles. The maximum Gasteiger partial charge on any atom is 0.416 e. The molecule has 0 saturated heterocycles. The van der Waals surface area contributed by atoms with Crippen molar-refractivity contribution in [2.24, 2.45) is 0 Å². The lowest BCUT2D eigenvalue weighted by Crippen LogP contribution is -2.52. The Hall–Kier alpha value is -5.70. The first-order valence-electron chi connectivity index (χ1n) is 16.3. The maximum atomic E-state index is 14.6. The van der Waals surface area contributed by atoms with Crippen molar-refractivity contribution in [1.82, 2.24) is 14.8 Å². The Bertz CT molecular complexity index is 1950. The molecule has 2 heterocycles. The molecule has 1 aliphatic heterocycles. The van der Waals surface area contributed by atoms with E-state index in [9.17, 15) is 22.8 Å². The van der Waals surface area contributed by atoms with E-state index in [0.29, 0.717) is 25.1 Å². The number of aromatic nitrogens is 1. The fraction of sp³-hybridized carbons (Fsp3) is 0.195. The predicted octanol–water partition coefficient (Wildman–Crippen LogP) is 8.01. The van der Waals surface area contributed by atoms with Crippen molar-refractivity contribution in [3.8, 4) is 17.0 Å². The highest BCUT2D eigenvalue weighted by Gasteiger charge is 2.34. The summed E-state index contributed by atoms with van der Waals surface area (Å²) in [6.07, 6.45) is 0.988. The zero-order valence-electron chi connectivity index (χ0n) is 27.5. The van der Waals surface area contributed by atoms with E-state index in [1.54, 1.807) is 23.1 Å². The summed E-state index contributed by atoms with van der Waals surface area (Å²) in [7, 11) is 1.62. The number of carbonyl (C=O) groups excluding carboxylic acids is 2. The number of carbonyl (C=O) groups is 2. The number of amides is 2. The van der Waals surface area contributed by atoms with Crippen molar-refractivity contribution in [2.45, 2.75) is 38.1 Å². The Kier molecular flexibility index (Phi) is 10.4. The van der Waals surface area contributed by atoms with E-state index in [1.807, 2.05) is 91.0 Å². The zero-order valence-corrected chi connectivity index (χ0v) is 27.5. The molecule has 50 heavy (non-hydrogen) atoms. The van der Waals surface area contributed by atoms with Gasteiger partial charge in [0.15, 0.2) is 0 Å². The largest absolute Gasteiger partial charge is 0.497 e. The van der Waals surface area contributed by atoms with Gasteiger partial charge in [0, 0.05) is 43.9 Å². The van der Waals surface area contributed by atoms with Gasteiger partial charge in [-0.15, -0.1) is 0 Å². The van der Waals surface area contributed by atoms with Crippen LogP contribution in [0.3, 0.4) is 0 Å². The topological polar surface area (TPSA) is 62.7 Å². The molecule has 0 saturated carbocycles. The first kappa shape index (κ1) is 34.2. The van der Waals surface area contributed by atoms with Crippen molar-refractivity contribution in [2.75, 3.05) is 13.7 Å². The molecule has 0 unspecified atom stereocenters. The van der Waals surface area contributed by atoms with Crippen molar-refractivity contribution in [3.05, 3.63) is 161 Å². The number of ether oxygens (including phenoxy) is 1. The van der Waals surface area contributed by atoms with E-state index >= 15 is 0 Å². The predicted molar refractivity (Wildman–Crippen MR) is 187 cm³/mol. The van der Waals surface area contributed by atoms with Gasteiger partial charge in [0.1, 0.15) is 11.8 Å². The van der Waals surface area contributed by atoms with Gasteiger partial charge in [-0.1, -0.05) is 78.9 Å². The Morgan fingerprint density at radius 2 is 1.62 bits per heavy atom. The fourth-order valence-corrected chi connectivity index (χ4v) is 6.12. The van der Waals surface area contributed by atoms with Crippen LogP contribution >= 0.6 is 0 Å². The quantitative estimate of drug-likeness (QED) is 0.141. The number of fused-ring (bicyclic) bond motifs is 1. The third-order valence-electron chi connectivity index (χ3n) is 8.88. The molecule has 4 aromatic carbocycles. The third kappa shape index (κ3) is 8.29. The van der Waals surface area contributed by atoms with Gasteiger partial charge in [0.05, 0.1) is 18.4 Å². The van der Waals surface area contributed by atoms with Crippen LogP contribution in [0.1, 0.15) is 33.4 Å².